The molecule has 0 radical (unpaired) electrons. The van der Waals surface area contributed by atoms with Crippen LogP contribution in [0.15, 0.2) is 0 Å². The number of amides is 2. The van der Waals surface area contributed by atoms with Crippen LogP contribution in [0, 0.1) is 5.92 Å². The van der Waals surface area contributed by atoms with Crippen LogP contribution in [0.1, 0.15) is 41.0 Å². The largest absolute Gasteiger partial charge is 0.444 e. The molecule has 2 saturated heterocycles. The van der Waals surface area contributed by atoms with E-state index in [0.29, 0.717) is 19.5 Å². The Kier molecular flexibility index (Phi) is 5.18. The van der Waals surface area contributed by atoms with Crippen molar-refractivity contribution in [1.82, 2.24) is 9.80 Å². The number of carbonyl (C=O) groups excluding carboxylic acids is 2. The highest BCUT2D eigenvalue weighted by molar-refractivity contribution is 7.91. The Morgan fingerprint density at radius 1 is 1.08 bits per heavy atom. The normalized spacial score (nSPS) is 26.4. The van der Waals surface area contributed by atoms with Gasteiger partial charge < -0.3 is 14.5 Å². The van der Waals surface area contributed by atoms with E-state index in [1.807, 2.05) is 13.8 Å². The zero-order valence-corrected chi connectivity index (χ0v) is 15.9. The topological polar surface area (TPSA) is 84.0 Å². The Bertz CT molecular complexity index is 608. The number of carbonyl (C=O) groups is 2. The number of hydrogen-bond donors (Lipinski definition) is 0. The molecule has 2 aliphatic heterocycles. The number of fused-ring (bicyclic) bond motifs is 1. The lowest BCUT2D eigenvalue weighted by atomic mass is 10.0. The molecule has 2 amide bonds. The monoisotopic (exact) mass is 360 g/mol. The molecular weight excluding hydrogens is 332 g/mol. The van der Waals surface area contributed by atoms with Gasteiger partial charge in [0.15, 0.2) is 9.84 Å². The van der Waals surface area contributed by atoms with Crippen LogP contribution in [0.2, 0.25) is 0 Å². The third-order valence-electron chi connectivity index (χ3n) is 4.21. The molecule has 0 aromatic rings. The molecule has 0 saturated carbocycles. The third kappa shape index (κ3) is 4.40. The Labute approximate surface area is 144 Å². The summed E-state index contributed by atoms with van der Waals surface area (Å²) in [5, 5.41) is 0. The van der Waals surface area contributed by atoms with Crippen molar-refractivity contribution in [2.24, 2.45) is 5.92 Å². The van der Waals surface area contributed by atoms with Crippen LogP contribution in [-0.2, 0) is 19.4 Å². The number of piperazine rings is 1. The minimum Gasteiger partial charge on any atom is -0.444 e. The number of sulfone groups is 1. The Hall–Kier alpha value is -1.31. The number of nitrogens with zero attached hydrogens (tertiary/aromatic N) is 2. The maximum absolute atomic E-state index is 12.5. The standard InChI is InChI=1S/C16H28N2O5S/c1-11(2)8-14(19)17-6-7-18(15(20)23-16(3,4)5)13-10-24(21,22)9-12(13)17/h11-13H,6-10H2,1-5H3. The highest BCUT2D eigenvalue weighted by Gasteiger charge is 2.50. The molecule has 0 spiro atoms. The zero-order valence-electron chi connectivity index (χ0n) is 15.1. The van der Waals surface area contributed by atoms with Crippen molar-refractivity contribution < 1.29 is 22.7 Å². The van der Waals surface area contributed by atoms with E-state index in [0.717, 1.165) is 0 Å². The van der Waals surface area contributed by atoms with Gasteiger partial charge in [0, 0.05) is 19.5 Å². The summed E-state index contributed by atoms with van der Waals surface area (Å²) in [6.07, 6.45) is -0.124. The molecule has 2 fully saturated rings. The molecule has 24 heavy (non-hydrogen) atoms. The Morgan fingerprint density at radius 2 is 1.58 bits per heavy atom. The molecule has 8 heteroatoms. The van der Waals surface area contributed by atoms with Crippen LogP contribution < -0.4 is 0 Å². The van der Waals surface area contributed by atoms with Crippen LogP contribution in [0.25, 0.3) is 0 Å². The van der Waals surface area contributed by atoms with E-state index < -0.39 is 33.6 Å². The summed E-state index contributed by atoms with van der Waals surface area (Å²) in [5.74, 6) is -0.0258. The van der Waals surface area contributed by atoms with Crippen molar-refractivity contribution in [3.05, 3.63) is 0 Å². The van der Waals surface area contributed by atoms with Gasteiger partial charge in [0.05, 0.1) is 23.6 Å². The molecule has 2 aliphatic rings. The van der Waals surface area contributed by atoms with Gasteiger partial charge in [0.1, 0.15) is 5.60 Å². The average Bonchev–Trinajstić information content (AvgIpc) is 2.68. The van der Waals surface area contributed by atoms with Crippen molar-refractivity contribution in [2.45, 2.75) is 58.7 Å². The second-order valence-electron chi connectivity index (χ2n) is 8.07. The van der Waals surface area contributed by atoms with Gasteiger partial charge in [0.2, 0.25) is 5.91 Å². The van der Waals surface area contributed by atoms with Crippen LogP contribution in [0.5, 0.6) is 0 Å². The smallest absolute Gasteiger partial charge is 0.410 e. The van der Waals surface area contributed by atoms with Gasteiger partial charge in [-0.3, -0.25) is 4.79 Å². The van der Waals surface area contributed by atoms with Crippen molar-refractivity contribution in [3.63, 3.8) is 0 Å². The van der Waals surface area contributed by atoms with E-state index in [9.17, 15) is 18.0 Å². The van der Waals surface area contributed by atoms with E-state index in [2.05, 4.69) is 0 Å². The Morgan fingerprint density at radius 3 is 2.08 bits per heavy atom. The fraction of sp³-hybridized carbons (Fsp3) is 0.875. The summed E-state index contributed by atoms with van der Waals surface area (Å²) in [7, 11) is -3.28. The average molecular weight is 360 g/mol. The van der Waals surface area contributed by atoms with E-state index in [1.54, 1.807) is 25.7 Å². The second-order valence-corrected chi connectivity index (χ2v) is 10.2. The quantitative estimate of drug-likeness (QED) is 0.741. The lowest BCUT2D eigenvalue weighted by Gasteiger charge is -2.44. The summed E-state index contributed by atoms with van der Waals surface area (Å²) >= 11 is 0. The van der Waals surface area contributed by atoms with E-state index >= 15 is 0 Å². The molecular formula is C16H28N2O5S. The summed E-state index contributed by atoms with van der Waals surface area (Å²) in [5.41, 5.74) is -0.644. The fourth-order valence-corrected chi connectivity index (χ4v) is 5.26. The SMILES string of the molecule is CC(C)CC(=O)N1CCN(C(=O)OC(C)(C)C)C2CS(=O)(=O)CC21. The molecule has 0 N–H and O–H groups in total. The first-order chi connectivity index (χ1) is 10.9. The molecule has 2 rings (SSSR count). The number of hydrogen-bond acceptors (Lipinski definition) is 5. The van der Waals surface area contributed by atoms with Gasteiger partial charge in [-0.1, -0.05) is 13.8 Å². The Balaban J connectivity index is 2.21. The van der Waals surface area contributed by atoms with Crippen molar-refractivity contribution >= 4 is 21.8 Å². The van der Waals surface area contributed by atoms with Crippen LogP contribution >= 0.6 is 0 Å². The molecule has 2 heterocycles. The molecule has 138 valence electrons. The number of rotatable bonds is 2. The van der Waals surface area contributed by atoms with E-state index in [1.165, 1.54) is 4.90 Å². The van der Waals surface area contributed by atoms with Gasteiger partial charge in [-0.15, -0.1) is 0 Å². The molecule has 0 aliphatic carbocycles. The molecule has 0 bridgehead atoms. The maximum atomic E-state index is 12.5. The molecule has 0 aromatic carbocycles. The minimum atomic E-state index is -3.28. The van der Waals surface area contributed by atoms with E-state index in [-0.39, 0.29) is 23.3 Å². The lowest BCUT2D eigenvalue weighted by molar-refractivity contribution is -0.137. The van der Waals surface area contributed by atoms with Gasteiger partial charge in [-0.2, -0.15) is 0 Å². The molecule has 2 unspecified atom stereocenters. The van der Waals surface area contributed by atoms with Crippen molar-refractivity contribution in [3.8, 4) is 0 Å². The van der Waals surface area contributed by atoms with Gasteiger partial charge >= 0.3 is 6.09 Å². The summed E-state index contributed by atoms with van der Waals surface area (Å²) < 4.78 is 29.7. The molecule has 7 nitrogen and oxygen atoms in total. The predicted octanol–water partition coefficient (Wildman–Crippen LogP) is 1.28. The van der Waals surface area contributed by atoms with Crippen LogP contribution in [0.3, 0.4) is 0 Å². The first-order valence-corrected chi connectivity index (χ1v) is 10.2. The second kappa shape index (κ2) is 6.54. The summed E-state index contributed by atoms with van der Waals surface area (Å²) in [4.78, 5) is 28.0. The molecule has 0 aromatic heterocycles. The maximum Gasteiger partial charge on any atom is 0.410 e. The van der Waals surface area contributed by atoms with Crippen LogP contribution in [0.4, 0.5) is 4.79 Å². The lowest BCUT2D eigenvalue weighted by Crippen LogP contribution is -2.62. The van der Waals surface area contributed by atoms with Crippen LogP contribution in [-0.4, -0.2) is 72.5 Å². The zero-order chi connectivity index (χ0) is 18.3. The van der Waals surface area contributed by atoms with Crippen molar-refractivity contribution in [1.29, 1.82) is 0 Å². The highest BCUT2D eigenvalue weighted by atomic mass is 32.2. The first-order valence-electron chi connectivity index (χ1n) is 8.39. The first kappa shape index (κ1) is 19.0. The van der Waals surface area contributed by atoms with E-state index in [4.69, 9.17) is 4.74 Å². The van der Waals surface area contributed by atoms with Gasteiger partial charge in [0.25, 0.3) is 0 Å². The highest BCUT2D eigenvalue weighted by Crippen LogP contribution is 2.29. The summed E-state index contributed by atoms with van der Waals surface area (Å²) in [6.45, 7) is 9.88. The molecule has 2 atom stereocenters. The van der Waals surface area contributed by atoms with Crippen molar-refractivity contribution in [2.75, 3.05) is 24.6 Å². The third-order valence-corrected chi connectivity index (χ3v) is 5.91. The number of ether oxygens (including phenoxy) is 1. The predicted molar refractivity (Wildman–Crippen MR) is 90.3 cm³/mol. The summed E-state index contributed by atoms with van der Waals surface area (Å²) in [6, 6.07) is -0.989. The minimum absolute atomic E-state index is 0.0408. The van der Waals surface area contributed by atoms with Gasteiger partial charge in [-0.25, -0.2) is 13.2 Å². The van der Waals surface area contributed by atoms with Gasteiger partial charge in [-0.05, 0) is 26.7 Å². The fourth-order valence-electron chi connectivity index (χ4n) is 3.28.